The number of nitrogens with two attached hydrogens (primary N) is 1. The van der Waals surface area contributed by atoms with E-state index in [9.17, 15) is 9.18 Å². The van der Waals surface area contributed by atoms with E-state index in [-0.39, 0.29) is 17.6 Å². The number of nitrogens with zero attached hydrogens (tertiary/aromatic N) is 2. The van der Waals surface area contributed by atoms with Crippen molar-refractivity contribution >= 4 is 22.9 Å². The highest BCUT2D eigenvalue weighted by molar-refractivity contribution is 5.86. The SMILES string of the molecule is CNC(=O)C(C)n1c(N)nc2cc(F)c(OC)cc21. The number of likely N-dealkylation sites (N-methyl/N-ethyl adjacent to an activating group) is 1. The number of hydrogen-bond acceptors (Lipinski definition) is 4. The Morgan fingerprint density at radius 3 is 2.84 bits per heavy atom. The number of benzene rings is 1. The zero-order valence-corrected chi connectivity index (χ0v) is 10.9. The quantitative estimate of drug-likeness (QED) is 0.870. The summed E-state index contributed by atoms with van der Waals surface area (Å²) in [7, 11) is 2.91. The number of imidazole rings is 1. The molecule has 2 rings (SSSR count). The fourth-order valence-corrected chi connectivity index (χ4v) is 2.00. The lowest BCUT2D eigenvalue weighted by Gasteiger charge is -2.14. The lowest BCUT2D eigenvalue weighted by Crippen LogP contribution is -2.28. The first-order chi connectivity index (χ1) is 8.99. The summed E-state index contributed by atoms with van der Waals surface area (Å²) in [6.07, 6.45) is 0. The maximum Gasteiger partial charge on any atom is 0.242 e. The number of carbonyl (C=O) groups excluding carboxylic acids is 1. The van der Waals surface area contributed by atoms with Crippen molar-refractivity contribution in [2.45, 2.75) is 13.0 Å². The van der Waals surface area contributed by atoms with Gasteiger partial charge < -0.3 is 15.8 Å². The molecule has 1 amide bonds. The van der Waals surface area contributed by atoms with Gasteiger partial charge in [0.2, 0.25) is 11.9 Å². The molecule has 0 saturated heterocycles. The fraction of sp³-hybridized carbons (Fsp3) is 0.333. The van der Waals surface area contributed by atoms with Crippen LogP contribution in [0.3, 0.4) is 0 Å². The van der Waals surface area contributed by atoms with Crippen LogP contribution in [-0.2, 0) is 4.79 Å². The molecule has 3 N–H and O–H groups in total. The standard InChI is InChI=1S/C12H15FN4O2/c1-6(11(18)15-2)17-9-5-10(19-3)7(13)4-8(9)16-12(17)14/h4-6H,1-3H3,(H2,14,16)(H,15,18). The van der Waals surface area contributed by atoms with E-state index in [1.807, 2.05) is 0 Å². The van der Waals surface area contributed by atoms with E-state index in [0.29, 0.717) is 11.0 Å². The van der Waals surface area contributed by atoms with Crippen molar-refractivity contribution in [2.75, 3.05) is 19.9 Å². The van der Waals surface area contributed by atoms with Gasteiger partial charge in [-0.15, -0.1) is 0 Å². The predicted molar refractivity (Wildman–Crippen MR) is 69.4 cm³/mol. The molecule has 2 aromatic rings. The van der Waals surface area contributed by atoms with E-state index >= 15 is 0 Å². The number of anilines is 1. The number of methoxy groups -OCH3 is 1. The molecule has 6 nitrogen and oxygen atoms in total. The van der Waals surface area contributed by atoms with Crippen LogP contribution in [0, 0.1) is 5.82 Å². The molecular formula is C12H15FN4O2. The summed E-state index contributed by atoms with van der Waals surface area (Å²) in [6.45, 7) is 1.69. The van der Waals surface area contributed by atoms with Gasteiger partial charge in [0.1, 0.15) is 6.04 Å². The van der Waals surface area contributed by atoms with Crippen molar-refractivity contribution in [3.8, 4) is 5.75 Å². The highest BCUT2D eigenvalue weighted by Crippen LogP contribution is 2.28. The van der Waals surface area contributed by atoms with E-state index in [2.05, 4.69) is 10.3 Å². The number of hydrogen-bond donors (Lipinski definition) is 2. The summed E-state index contributed by atoms with van der Waals surface area (Å²) >= 11 is 0. The van der Waals surface area contributed by atoms with Gasteiger partial charge >= 0.3 is 0 Å². The number of nitrogen functional groups attached to an aromatic ring is 1. The topological polar surface area (TPSA) is 82.2 Å². The Morgan fingerprint density at radius 2 is 2.26 bits per heavy atom. The lowest BCUT2D eigenvalue weighted by atomic mass is 10.2. The maximum atomic E-state index is 13.6. The Kier molecular flexibility index (Phi) is 3.28. The third-order valence-electron chi connectivity index (χ3n) is 3.00. The molecule has 0 saturated carbocycles. The van der Waals surface area contributed by atoms with Crippen LogP contribution in [0.1, 0.15) is 13.0 Å². The Bertz CT molecular complexity index is 638. The average molecular weight is 266 g/mol. The van der Waals surface area contributed by atoms with Gasteiger partial charge in [0.15, 0.2) is 11.6 Å². The van der Waals surface area contributed by atoms with Gasteiger partial charge in [-0.2, -0.15) is 0 Å². The largest absolute Gasteiger partial charge is 0.494 e. The van der Waals surface area contributed by atoms with Gasteiger partial charge in [0, 0.05) is 19.2 Å². The number of halogens is 1. The van der Waals surface area contributed by atoms with Gasteiger partial charge in [-0.1, -0.05) is 0 Å². The highest BCUT2D eigenvalue weighted by Gasteiger charge is 2.21. The first-order valence-corrected chi connectivity index (χ1v) is 5.72. The first-order valence-electron chi connectivity index (χ1n) is 5.72. The van der Waals surface area contributed by atoms with E-state index < -0.39 is 11.9 Å². The second-order valence-corrected chi connectivity index (χ2v) is 4.11. The van der Waals surface area contributed by atoms with Crippen LogP contribution in [0.2, 0.25) is 0 Å². The van der Waals surface area contributed by atoms with Crippen molar-refractivity contribution < 1.29 is 13.9 Å². The van der Waals surface area contributed by atoms with Crippen LogP contribution in [0.5, 0.6) is 5.75 Å². The van der Waals surface area contributed by atoms with E-state index in [1.54, 1.807) is 6.92 Å². The number of nitrogens with one attached hydrogen (secondary N) is 1. The molecule has 0 aliphatic carbocycles. The molecule has 7 heteroatoms. The number of rotatable bonds is 3. The van der Waals surface area contributed by atoms with Crippen LogP contribution in [0.4, 0.5) is 10.3 Å². The van der Waals surface area contributed by atoms with Crippen LogP contribution in [0.25, 0.3) is 11.0 Å². The Morgan fingerprint density at radius 1 is 1.58 bits per heavy atom. The molecule has 0 spiro atoms. The maximum absolute atomic E-state index is 13.6. The average Bonchev–Trinajstić information content (AvgIpc) is 2.70. The van der Waals surface area contributed by atoms with Crippen LogP contribution in [0.15, 0.2) is 12.1 Å². The minimum Gasteiger partial charge on any atom is -0.494 e. The summed E-state index contributed by atoms with van der Waals surface area (Å²) in [5.41, 5.74) is 6.73. The highest BCUT2D eigenvalue weighted by atomic mass is 19.1. The van der Waals surface area contributed by atoms with E-state index in [1.165, 1.54) is 30.9 Å². The van der Waals surface area contributed by atoms with Crippen molar-refractivity contribution in [1.82, 2.24) is 14.9 Å². The smallest absolute Gasteiger partial charge is 0.242 e. The summed E-state index contributed by atoms with van der Waals surface area (Å²) < 4.78 is 20.1. The van der Waals surface area contributed by atoms with Crippen molar-refractivity contribution in [3.05, 3.63) is 17.9 Å². The second kappa shape index (κ2) is 4.75. The lowest BCUT2D eigenvalue weighted by molar-refractivity contribution is -0.123. The molecule has 0 bridgehead atoms. The van der Waals surface area contributed by atoms with Crippen LogP contribution >= 0.6 is 0 Å². The number of ether oxygens (including phenoxy) is 1. The summed E-state index contributed by atoms with van der Waals surface area (Å²) in [6, 6.07) is 2.16. The number of carbonyl (C=O) groups is 1. The molecule has 1 unspecified atom stereocenters. The third-order valence-corrected chi connectivity index (χ3v) is 3.00. The second-order valence-electron chi connectivity index (χ2n) is 4.11. The molecule has 1 aromatic heterocycles. The van der Waals surface area contributed by atoms with E-state index in [4.69, 9.17) is 10.5 Å². The van der Waals surface area contributed by atoms with Gasteiger partial charge in [0.05, 0.1) is 18.1 Å². The molecule has 0 aliphatic heterocycles. The van der Waals surface area contributed by atoms with Crippen molar-refractivity contribution in [2.24, 2.45) is 0 Å². The van der Waals surface area contributed by atoms with Gasteiger partial charge in [0.25, 0.3) is 0 Å². The third kappa shape index (κ3) is 2.07. The van der Waals surface area contributed by atoms with Crippen molar-refractivity contribution in [3.63, 3.8) is 0 Å². The minimum atomic E-state index is -0.551. The molecule has 19 heavy (non-hydrogen) atoms. The number of amides is 1. The van der Waals surface area contributed by atoms with Gasteiger partial charge in [-0.3, -0.25) is 9.36 Å². The molecule has 0 aliphatic rings. The van der Waals surface area contributed by atoms with Crippen molar-refractivity contribution in [1.29, 1.82) is 0 Å². The summed E-state index contributed by atoms with van der Waals surface area (Å²) in [5, 5.41) is 2.54. The summed E-state index contributed by atoms with van der Waals surface area (Å²) in [5.74, 6) is -0.502. The predicted octanol–water partition coefficient (Wildman–Crippen LogP) is 1.07. The molecule has 102 valence electrons. The molecule has 1 atom stereocenters. The molecule has 0 fully saturated rings. The molecular weight excluding hydrogens is 251 g/mol. The minimum absolute atomic E-state index is 0.0813. The zero-order chi connectivity index (χ0) is 14.2. The Balaban J connectivity index is 2.66. The van der Waals surface area contributed by atoms with Crippen LogP contribution in [-0.4, -0.2) is 29.6 Å². The molecule has 1 heterocycles. The monoisotopic (exact) mass is 266 g/mol. The number of fused-ring (bicyclic) bond motifs is 1. The zero-order valence-electron chi connectivity index (χ0n) is 10.9. The fourth-order valence-electron chi connectivity index (χ4n) is 2.00. The van der Waals surface area contributed by atoms with Gasteiger partial charge in [-0.05, 0) is 6.92 Å². The van der Waals surface area contributed by atoms with E-state index in [0.717, 1.165) is 0 Å². The Hall–Kier alpha value is -2.31. The summed E-state index contributed by atoms with van der Waals surface area (Å²) in [4.78, 5) is 15.8. The van der Waals surface area contributed by atoms with Crippen LogP contribution < -0.4 is 15.8 Å². The van der Waals surface area contributed by atoms with Gasteiger partial charge in [-0.25, -0.2) is 9.37 Å². The molecule has 1 aromatic carbocycles. The molecule has 0 radical (unpaired) electrons. The normalized spacial score (nSPS) is 12.4. The Labute approximate surface area is 109 Å². The number of aromatic nitrogens is 2. The first kappa shape index (κ1) is 13.1.